The molecule has 7 nitrogen and oxygen atoms in total. The first-order valence-electron chi connectivity index (χ1n) is 6.15. The number of nitrogen functional groups attached to an aromatic ring is 1. The van der Waals surface area contributed by atoms with Gasteiger partial charge in [0, 0.05) is 38.4 Å². The van der Waals surface area contributed by atoms with Crippen molar-refractivity contribution < 1.29 is 9.66 Å². The molecule has 1 atom stereocenters. The second kappa shape index (κ2) is 5.85. The van der Waals surface area contributed by atoms with Gasteiger partial charge in [0.2, 0.25) is 0 Å². The summed E-state index contributed by atoms with van der Waals surface area (Å²) >= 11 is 0. The maximum Gasteiger partial charge on any atom is 0.292 e. The Morgan fingerprint density at radius 1 is 1.63 bits per heavy atom. The van der Waals surface area contributed by atoms with E-state index in [4.69, 9.17) is 10.5 Å². The Hall–Kier alpha value is -1.86. The van der Waals surface area contributed by atoms with E-state index in [0.717, 1.165) is 18.8 Å². The molecule has 3 N–H and O–H groups in total. The van der Waals surface area contributed by atoms with Crippen LogP contribution in [0.15, 0.2) is 18.2 Å². The van der Waals surface area contributed by atoms with E-state index < -0.39 is 4.92 Å². The van der Waals surface area contributed by atoms with Crippen LogP contribution >= 0.6 is 0 Å². The molecule has 0 bridgehead atoms. The number of nitro benzene ring substituents is 1. The molecule has 1 aromatic carbocycles. The van der Waals surface area contributed by atoms with Gasteiger partial charge in [-0.05, 0) is 12.1 Å². The van der Waals surface area contributed by atoms with Crippen LogP contribution in [0.1, 0.15) is 0 Å². The van der Waals surface area contributed by atoms with Gasteiger partial charge in [-0.25, -0.2) is 0 Å². The first-order chi connectivity index (χ1) is 9.08. The van der Waals surface area contributed by atoms with Crippen molar-refractivity contribution in [1.82, 2.24) is 5.32 Å². The Kier molecular flexibility index (Phi) is 4.18. The molecule has 104 valence electrons. The molecular weight excluding hydrogens is 248 g/mol. The minimum atomic E-state index is -0.479. The standard InChI is InChI=1S/C12H18N4O3/c1-15(8-10-7-14-4-5-19-10)9-2-3-12(16(17)18)11(13)6-9/h2-3,6,10,14H,4-5,7-8,13H2,1H3. The van der Waals surface area contributed by atoms with Crippen molar-refractivity contribution in [3.8, 4) is 0 Å². The molecule has 0 radical (unpaired) electrons. The fourth-order valence-corrected chi connectivity index (χ4v) is 2.09. The van der Waals surface area contributed by atoms with Gasteiger partial charge < -0.3 is 20.7 Å². The molecule has 1 aliphatic heterocycles. The minimum Gasteiger partial charge on any atom is -0.393 e. The Bertz CT molecular complexity index is 460. The fourth-order valence-electron chi connectivity index (χ4n) is 2.09. The first-order valence-corrected chi connectivity index (χ1v) is 6.15. The molecule has 1 aromatic rings. The third kappa shape index (κ3) is 3.33. The maximum absolute atomic E-state index is 10.7. The van der Waals surface area contributed by atoms with Gasteiger partial charge in [0.15, 0.2) is 0 Å². The van der Waals surface area contributed by atoms with Crippen LogP contribution in [0.3, 0.4) is 0 Å². The average Bonchev–Trinajstić information content (AvgIpc) is 2.39. The summed E-state index contributed by atoms with van der Waals surface area (Å²) in [5, 5.41) is 14.0. The molecular formula is C12H18N4O3. The predicted octanol–water partition coefficient (Wildman–Crippen LogP) is 0.602. The van der Waals surface area contributed by atoms with Crippen LogP contribution in [0, 0.1) is 10.1 Å². The molecule has 7 heteroatoms. The lowest BCUT2D eigenvalue weighted by molar-refractivity contribution is -0.383. The summed E-state index contributed by atoms with van der Waals surface area (Å²) in [6.07, 6.45) is 0.121. The average molecular weight is 266 g/mol. The molecule has 2 rings (SSSR count). The minimum absolute atomic E-state index is 0.0623. The zero-order valence-corrected chi connectivity index (χ0v) is 10.8. The van der Waals surface area contributed by atoms with Crippen molar-refractivity contribution in [3.63, 3.8) is 0 Å². The molecule has 1 saturated heterocycles. The smallest absolute Gasteiger partial charge is 0.292 e. The van der Waals surface area contributed by atoms with Gasteiger partial charge in [-0.3, -0.25) is 10.1 Å². The van der Waals surface area contributed by atoms with E-state index in [1.807, 2.05) is 11.9 Å². The predicted molar refractivity (Wildman–Crippen MR) is 73.4 cm³/mol. The lowest BCUT2D eigenvalue weighted by atomic mass is 10.2. The first kappa shape index (κ1) is 13.6. The molecule has 0 spiro atoms. The molecule has 0 amide bonds. The van der Waals surface area contributed by atoms with Crippen molar-refractivity contribution in [3.05, 3.63) is 28.3 Å². The fraction of sp³-hybridized carbons (Fsp3) is 0.500. The highest BCUT2D eigenvalue weighted by Crippen LogP contribution is 2.26. The number of rotatable bonds is 4. The van der Waals surface area contributed by atoms with Crippen LogP contribution in [0.5, 0.6) is 0 Å². The van der Waals surface area contributed by atoms with E-state index in [2.05, 4.69) is 5.32 Å². The highest BCUT2D eigenvalue weighted by atomic mass is 16.6. The number of anilines is 2. The van der Waals surface area contributed by atoms with Crippen LogP contribution in [-0.2, 0) is 4.74 Å². The Morgan fingerprint density at radius 3 is 3.00 bits per heavy atom. The molecule has 1 fully saturated rings. The van der Waals surface area contributed by atoms with E-state index >= 15 is 0 Å². The molecule has 1 unspecified atom stereocenters. The number of morpholine rings is 1. The summed E-state index contributed by atoms with van der Waals surface area (Å²) < 4.78 is 5.62. The number of nitrogens with zero attached hydrogens (tertiary/aromatic N) is 2. The summed E-state index contributed by atoms with van der Waals surface area (Å²) in [7, 11) is 1.92. The number of ether oxygens (including phenoxy) is 1. The normalized spacial score (nSPS) is 19.1. The van der Waals surface area contributed by atoms with E-state index in [0.29, 0.717) is 13.2 Å². The summed E-state index contributed by atoms with van der Waals surface area (Å²) in [6, 6.07) is 4.75. The van der Waals surface area contributed by atoms with Crippen molar-refractivity contribution in [2.24, 2.45) is 0 Å². The number of likely N-dealkylation sites (N-methyl/N-ethyl adjacent to an activating group) is 1. The van der Waals surface area contributed by atoms with Gasteiger partial charge in [0.25, 0.3) is 5.69 Å². The SMILES string of the molecule is CN(CC1CNCCO1)c1ccc([N+](=O)[O-])c(N)c1. The largest absolute Gasteiger partial charge is 0.393 e. The number of hydrogen-bond acceptors (Lipinski definition) is 6. The third-order valence-corrected chi connectivity index (χ3v) is 3.13. The second-order valence-electron chi connectivity index (χ2n) is 4.58. The zero-order valence-electron chi connectivity index (χ0n) is 10.8. The summed E-state index contributed by atoms with van der Waals surface area (Å²) in [6.45, 7) is 3.11. The maximum atomic E-state index is 10.7. The second-order valence-corrected chi connectivity index (χ2v) is 4.58. The highest BCUT2D eigenvalue weighted by Gasteiger charge is 2.17. The van der Waals surface area contributed by atoms with E-state index in [-0.39, 0.29) is 17.5 Å². The van der Waals surface area contributed by atoms with Gasteiger partial charge >= 0.3 is 0 Å². The third-order valence-electron chi connectivity index (χ3n) is 3.13. The number of nitrogens with one attached hydrogen (secondary N) is 1. The Morgan fingerprint density at radius 2 is 2.42 bits per heavy atom. The van der Waals surface area contributed by atoms with Crippen LogP contribution < -0.4 is 16.0 Å². The molecule has 0 aromatic heterocycles. The van der Waals surface area contributed by atoms with Crippen molar-refractivity contribution in [2.45, 2.75) is 6.10 Å². The molecule has 0 saturated carbocycles. The van der Waals surface area contributed by atoms with Crippen molar-refractivity contribution in [2.75, 3.05) is 43.9 Å². The number of nitro groups is 1. The van der Waals surface area contributed by atoms with Gasteiger partial charge in [0.1, 0.15) is 5.69 Å². The van der Waals surface area contributed by atoms with E-state index in [9.17, 15) is 10.1 Å². The Balaban J connectivity index is 2.04. The number of nitrogens with two attached hydrogens (primary N) is 1. The highest BCUT2D eigenvalue weighted by molar-refractivity contribution is 5.66. The quantitative estimate of drug-likeness (QED) is 0.471. The lowest BCUT2D eigenvalue weighted by Crippen LogP contribution is -2.44. The van der Waals surface area contributed by atoms with Gasteiger partial charge in [0.05, 0.1) is 17.6 Å². The van der Waals surface area contributed by atoms with Crippen molar-refractivity contribution >= 4 is 17.1 Å². The summed E-state index contributed by atoms with van der Waals surface area (Å²) in [5.41, 5.74) is 6.64. The molecule has 19 heavy (non-hydrogen) atoms. The zero-order chi connectivity index (χ0) is 13.8. The van der Waals surface area contributed by atoms with Gasteiger partial charge in [-0.2, -0.15) is 0 Å². The van der Waals surface area contributed by atoms with Crippen LogP contribution in [-0.4, -0.2) is 44.3 Å². The summed E-state index contributed by atoms with van der Waals surface area (Å²) in [5.74, 6) is 0. The van der Waals surface area contributed by atoms with Gasteiger partial charge in [-0.1, -0.05) is 0 Å². The number of hydrogen-bond donors (Lipinski definition) is 2. The summed E-state index contributed by atoms with van der Waals surface area (Å²) in [4.78, 5) is 12.2. The number of benzene rings is 1. The topological polar surface area (TPSA) is 93.7 Å². The van der Waals surface area contributed by atoms with Crippen molar-refractivity contribution in [1.29, 1.82) is 0 Å². The van der Waals surface area contributed by atoms with E-state index in [1.165, 1.54) is 6.07 Å². The van der Waals surface area contributed by atoms with Crippen LogP contribution in [0.25, 0.3) is 0 Å². The molecule has 1 heterocycles. The van der Waals surface area contributed by atoms with Gasteiger partial charge in [-0.15, -0.1) is 0 Å². The van der Waals surface area contributed by atoms with E-state index in [1.54, 1.807) is 12.1 Å². The Labute approximate surface area is 111 Å². The van der Waals surface area contributed by atoms with Crippen LogP contribution in [0.4, 0.5) is 17.1 Å². The van der Waals surface area contributed by atoms with Crippen LogP contribution in [0.2, 0.25) is 0 Å². The molecule has 1 aliphatic rings. The molecule has 0 aliphatic carbocycles. The monoisotopic (exact) mass is 266 g/mol. The lowest BCUT2D eigenvalue weighted by Gasteiger charge is -2.29.